The molecule has 0 saturated carbocycles. The molecule has 0 heterocycles. The van der Waals surface area contributed by atoms with E-state index in [-0.39, 0.29) is 23.3 Å². The van der Waals surface area contributed by atoms with E-state index in [9.17, 15) is 9.59 Å². The Kier molecular flexibility index (Phi) is 9.61. The van der Waals surface area contributed by atoms with Gasteiger partial charge in [0.25, 0.3) is 0 Å². The molecule has 142 valence electrons. The fraction of sp³-hybridized carbons (Fsp3) is 0.900. The Bertz CT molecular complexity index is 393. The van der Waals surface area contributed by atoms with Gasteiger partial charge in [-0.25, -0.2) is 0 Å². The molecule has 0 aliphatic rings. The van der Waals surface area contributed by atoms with Crippen LogP contribution < -0.4 is 0 Å². The third-order valence-corrected chi connectivity index (χ3v) is 4.14. The van der Waals surface area contributed by atoms with Crippen LogP contribution in [-0.2, 0) is 19.1 Å². The molecule has 0 spiro atoms. The predicted octanol–water partition coefficient (Wildman–Crippen LogP) is 5.28. The van der Waals surface area contributed by atoms with E-state index in [1.165, 1.54) is 0 Å². The molecule has 0 saturated heterocycles. The van der Waals surface area contributed by atoms with Crippen molar-refractivity contribution in [1.29, 1.82) is 0 Å². The second kappa shape index (κ2) is 10.0. The molecule has 0 fully saturated rings. The average molecular weight is 343 g/mol. The summed E-state index contributed by atoms with van der Waals surface area (Å²) in [5, 5.41) is 0. The molecule has 0 aromatic rings. The second-order valence-electron chi connectivity index (χ2n) is 8.41. The zero-order chi connectivity index (χ0) is 19.0. The van der Waals surface area contributed by atoms with Crippen molar-refractivity contribution in [3.05, 3.63) is 0 Å². The van der Waals surface area contributed by atoms with Crippen LogP contribution in [0.3, 0.4) is 0 Å². The van der Waals surface area contributed by atoms with Gasteiger partial charge >= 0.3 is 11.9 Å². The topological polar surface area (TPSA) is 52.6 Å². The highest BCUT2D eigenvalue weighted by atomic mass is 16.6. The van der Waals surface area contributed by atoms with Crippen LogP contribution in [0.25, 0.3) is 0 Å². The summed E-state index contributed by atoms with van der Waals surface area (Å²) < 4.78 is 11.5. The number of ether oxygens (including phenoxy) is 2. The van der Waals surface area contributed by atoms with Gasteiger partial charge in [-0.15, -0.1) is 0 Å². The summed E-state index contributed by atoms with van der Waals surface area (Å²) in [6, 6.07) is 0. The molecule has 24 heavy (non-hydrogen) atoms. The summed E-state index contributed by atoms with van der Waals surface area (Å²) in [6.45, 7) is 15.7. The Morgan fingerprint density at radius 3 is 2.00 bits per heavy atom. The summed E-state index contributed by atoms with van der Waals surface area (Å²) in [5.74, 6) is -0.581. The number of esters is 2. The molecule has 0 aliphatic carbocycles. The van der Waals surface area contributed by atoms with E-state index < -0.39 is 11.7 Å². The van der Waals surface area contributed by atoms with Crippen LogP contribution in [-0.4, -0.2) is 23.6 Å². The van der Waals surface area contributed by atoms with Crippen molar-refractivity contribution in [1.82, 2.24) is 0 Å². The van der Waals surface area contributed by atoms with Crippen LogP contribution in [0.2, 0.25) is 0 Å². The van der Waals surface area contributed by atoms with E-state index in [0.717, 1.165) is 32.1 Å². The summed E-state index contributed by atoms with van der Waals surface area (Å²) in [4.78, 5) is 24.5. The maximum atomic E-state index is 12.3. The van der Waals surface area contributed by atoms with Gasteiger partial charge in [-0.05, 0) is 26.7 Å². The number of hydrogen-bond acceptors (Lipinski definition) is 4. The Morgan fingerprint density at radius 1 is 0.958 bits per heavy atom. The van der Waals surface area contributed by atoms with Crippen molar-refractivity contribution in [3.8, 4) is 0 Å². The van der Waals surface area contributed by atoms with E-state index >= 15 is 0 Å². The zero-order valence-corrected chi connectivity index (χ0v) is 17.0. The van der Waals surface area contributed by atoms with Crippen molar-refractivity contribution in [2.24, 2.45) is 11.3 Å². The van der Waals surface area contributed by atoms with Crippen LogP contribution in [0.15, 0.2) is 0 Å². The number of rotatable bonds is 10. The smallest absolute Gasteiger partial charge is 0.309 e. The van der Waals surface area contributed by atoms with E-state index in [0.29, 0.717) is 6.42 Å². The van der Waals surface area contributed by atoms with Gasteiger partial charge in [-0.1, -0.05) is 60.8 Å². The van der Waals surface area contributed by atoms with Gasteiger partial charge in [-0.3, -0.25) is 9.59 Å². The number of carbonyl (C=O) groups is 2. The standard InChI is InChI=1S/C20H38O4/c1-9-11-12-14-16(21)23-18(19(4,5)6)20(7,8)24-17(22)15(3)13-10-2/h15,18H,9-14H2,1-8H3. The number of carbonyl (C=O) groups excluding carboxylic acids is 2. The highest BCUT2D eigenvalue weighted by Crippen LogP contribution is 2.34. The predicted molar refractivity (Wildman–Crippen MR) is 97.7 cm³/mol. The molecule has 2 unspecified atom stereocenters. The first-order valence-corrected chi connectivity index (χ1v) is 9.38. The normalized spacial score (nSPS) is 14.8. The molecule has 0 rings (SSSR count). The van der Waals surface area contributed by atoms with Gasteiger partial charge in [0, 0.05) is 11.8 Å². The molecular weight excluding hydrogens is 304 g/mol. The molecule has 0 amide bonds. The van der Waals surface area contributed by atoms with Crippen LogP contribution in [0.4, 0.5) is 0 Å². The van der Waals surface area contributed by atoms with Crippen molar-refractivity contribution in [2.45, 2.75) is 106 Å². The lowest BCUT2D eigenvalue weighted by molar-refractivity contribution is -0.196. The highest BCUT2D eigenvalue weighted by molar-refractivity contribution is 5.73. The molecule has 0 aromatic heterocycles. The lowest BCUT2D eigenvalue weighted by atomic mass is 9.79. The maximum Gasteiger partial charge on any atom is 0.309 e. The molecule has 4 heteroatoms. The van der Waals surface area contributed by atoms with E-state index in [2.05, 4.69) is 6.92 Å². The quantitative estimate of drug-likeness (QED) is 0.400. The molecular formula is C20H38O4. The molecule has 0 aromatic carbocycles. The van der Waals surface area contributed by atoms with Crippen molar-refractivity contribution in [2.75, 3.05) is 0 Å². The lowest BCUT2D eigenvalue weighted by Gasteiger charge is -2.41. The first kappa shape index (κ1) is 22.9. The molecule has 4 nitrogen and oxygen atoms in total. The van der Waals surface area contributed by atoms with Crippen molar-refractivity contribution >= 4 is 11.9 Å². The first-order chi connectivity index (χ1) is 11.0. The molecule has 0 N–H and O–H groups in total. The maximum absolute atomic E-state index is 12.3. The largest absolute Gasteiger partial charge is 0.458 e. The summed E-state index contributed by atoms with van der Waals surface area (Å²) in [5.41, 5.74) is -1.18. The SMILES string of the molecule is CCCCCC(=O)OC(C(C)(C)C)C(C)(C)OC(=O)C(C)CCC. The van der Waals surface area contributed by atoms with Gasteiger partial charge in [-0.2, -0.15) is 0 Å². The Balaban J connectivity index is 5.01. The minimum Gasteiger partial charge on any atom is -0.458 e. The van der Waals surface area contributed by atoms with Gasteiger partial charge in [0.15, 0.2) is 0 Å². The molecule has 0 aliphatic heterocycles. The second-order valence-corrected chi connectivity index (χ2v) is 8.41. The summed E-state index contributed by atoms with van der Waals surface area (Å²) in [6.07, 6.45) is 4.57. The van der Waals surface area contributed by atoms with Crippen LogP contribution in [0.5, 0.6) is 0 Å². The van der Waals surface area contributed by atoms with E-state index in [1.807, 2.05) is 48.5 Å². The van der Waals surface area contributed by atoms with Gasteiger partial charge in [0.1, 0.15) is 11.7 Å². The lowest BCUT2D eigenvalue weighted by Crippen LogP contribution is -2.51. The first-order valence-electron chi connectivity index (χ1n) is 9.38. The van der Waals surface area contributed by atoms with E-state index in [4.69, 9.17) is 9.47 Å². The van der Waals surface area contributed by atoms with E-state index in [1.54, 1.807) is 0 Å². The fourth-order valence-corrected chi connectivity index (χ4v) is 3.04. The van der Waals surface area contributed by atoms with Crippen molar-refractivity contribution < 1.29 is 19.1 Å². The third kappa shape index (κ3) is 8.16. The average Bonchev–Trinajstić information content (AvgIpc) is 2.43. The molecule has 0 radical (unpaired) electrons. The van der Waals surface area contributed by atoms with Crippen LogP contribution in [0, 0.1) is 11.3 Å². The van der Waals surface area contributed by atoms with Crippen LogP contribution in [0.1, 0.15) is 93.9 Å². The monoisotopic (exact) mass is 342 g/mol. The zero-order valence-electron chi connectivity index (χ0n) is 17.0. The van der Waals surface area contributed by atoms with Gasteiger partial charge in [0.05, 0.1) is 5.92 Å². The van der Waals surface area contributed by atoms with Gasteiger partial charge < -0.3 is 9.47 Å². The number of unbranched alkanes of at least 4 members (excludes halogenated alkanes) is 2. The minimum absolute atomic E-state index is 0.143. The van der Waals surface area contributed by atoms with Gasteiger partial charge in [0.2, 0.25) is 0 Å². The minimum atomic E-state index is -0.863. The molecule has 0 bridgehead atoms. The fourth-order valence-electron chi connectivity index (χ4n) is 3.04. The third-order valence-electron chi connectivity index (χ3n) is 4.14. The Morgan fingerprint density at radius 2 is 1.54 bits per heavy atom. The summed E-state index contributed by atoms with van der Waals surface area (Å²) >= 11 is 0. The highest BCUT2D eigenvalue weighted by Gasteiger charge is 2.44. The van der Waals surface area contributed by atoms with Crippen LogP contribution >= 0.6 is 0 Å². The summed E-state index contributed by atoms with van der Waals surface area (Å²) in [7, 11) is 0. The molecule has 2 atom stereocenters. The Labute approximate surface area is 148 Å². The van der Waals surface area contributed by atoms with Crippen molar-refractivity contribution in [3.63, 3.8) is 0 Å². The number of hydrogen-bond donors (Lipinski definition) is 0. The Hall–Kier alpha value is -1.06.